The summed E-state index contributed by atoms with van der Waals surface area (Å²) in [4.78, 5) is 13.4. The summed E-state index contributed by atoms with van der Waals surface area (Å²) in [5, 5.41) is 11.4. The monoisotopic (exact) mass is 289 g/mol. The number of hydrogen-bond donors (Lipinski definition) is 2. The maximum absolute atomic E-state index is 11.9. The summed E-state index contributed by atoms with van der Waals surface area (Å²) in [6, 6.07) is 7.26. The third-order valence-corrected chi connectivity index (χ3v) is 3.50. The van der Waals surface area contributed by atoms with Crippen LogP contribution in [0.3, 0.4) is 0 Å². The molecule has 20 heavy (non-hydrogen) atoms. The van der Waals surface area contributed by atoms with Gasteiger partial charge in [0, 0.05) is 6.42 Å². The lowest BCUT2D eigenvalue weighted by atomic mass is 10.3. The molecule has 2 N–H and O–H groups in total. The molecule has 2 rings (SSSR count). The van der Waals surface area contributed by atoms with Gasteiger partial charge in [-0.15, -0.1) is 11.3 Å². The Morgan fingerprint density at radius 1 is 1.40 bits per heavy atom. The summed E-state index contributed by atoms with van der Waals surface area (Å²) >= 11 is 1.33. The standard InChI is InChI=1S/C15H15NO3S/c1-11-5-6-12(19-11)10-16-15(18)14-8-7-13(20-14)4-2-3-9-17/h5-8,17H,3,9-10H2,1H3,(H,16,18). The zero-order valence-electron chi connectivity index (χ0n) is 11.1. The van der Waals surface area contributed by atoms with Crippen molar-refractivity contribution in [2.24, 2.45) is 0 Å². The molecule has 2 aromatic heterocycles. The van der Waals surface area contributed by atoms with Crippen molar-refractivity contribution in [2.45, 2.75) is 19.9 Å². The van der Waals surface area contributed by atoms with E-state index in [0.717, 1.165) is 16.4 Å². The highest BCUT2D eigenvalue weighted by molar-refractivity contribution is 7.14. The van der Waals surface area contributed by atoms with Gasteiger partial charge < -0.3 is 14.8 Å². The van der Waals surface area contributed by atoms with Crippen LogP contribution in [0.25, 0.3) is 0 Å². The number of carbonyl (C=O) groups excluding carboxylic acids is 1. The van der Waals surface area contributed by atoms with E-state index in [1.54, 1.807) is 12.1 Å². The fraction of sp³-hybridized carbons (Fsp3) is 0.267. The topological polar surface area (TPSA) is 62.5 Å². The third kappa shape index (κ3) is 3.98. The molecule has 0 bridgehead atoms. The number of carbonyl (C=O) groups is 1. The van der Waals surface area contributed by atoms with Crippen molar-refractivity contribution in [3.8, 4) is 11.8 Å². The zero-order valence-corrected chi connectivity index (χ0v) is 11.9. The van der Waals surface area contributed by atoms with Crippen molar-refractivity contribution in [3.05, 3.63) is 45.5 Å². The van der Waals surface area contributed by atoms with Crippen LogP contribution in [0.5, 0.6) is 0 Å². The Kier molecular flexibility index (Phi) is 4.99. The number of aliphatic hydroxyl groups is 1. The molecule has 0 aliphatic heterocycles. The number of aliphatic hydroxyl groups excluding tert-OH is 1. The highest BCUT2D eigenvalue weighted by Crippen LogP contribution is 2.15. The Morgan fingerprint density at radius 3 is 2.95 bits per heavy atom. The van der Waals surface area contributed by atoms with Crippen LogP contribution in [-0.2, 0) is 6.54 Å². The van der Waals surface area contributed by atoms with Crippen molar-refractivity contribution < 1.29 is 14.3 Å². The Bertz CT molecular complexity index is 645. The van der Waals surface area contributed by atoms with Crippen molar-refractivity contribution in [2.75, 3.05) is 6.61 Å². The number of hydrogen-bond acceptors (Lipinski definition) is 4. The van der Waals surface area contributed by atoms with Gasteiger partial charge in [-0.25, -0.2) is 0 Å². The second-order valence-electron chi connectivity index (χ2n) is 4.13. The van der Waals surface area contributed by atoms with Gasteiger partial charge in [0.2, 0.25) is 0 Å². The van der Waals surface area contributed by atoms with Crippen molar-refractivity contribution in [1.29, 1.82) is 0 Å². The lowest BCUT2D eigenvalue weighted by Crippen LogP contribution is -2.21. The van der Waals surface area contributed by atoms with E-state index < -0.39 is 0 Å². The van der Waals surface area contributed by atoms with E-state index in [2.05, 4.69) is 17.2 Å². The predicted molar refractivity (Wildman–Crippen MR) is 77.5 cm³/mol. The second-order valence-corrected chi connectivity index (χ2v) is 5.22. The van der Waals surface area contributed by atoms with Crippen LogP contribution in [0.1, 0.15) is 32.5 Å². The molecule has 0 aliphatic carbocycles. The van der Waals surface area contributed by atoms with Crippen molar-refractivity contribution >= 4 is 17.2 Å². The molecule has 104 valence electrons. The molecule has 0 radical (unpaired) electrons. The average Bonchev–Trinajstić information content (AvgIpc) is 3.06. The Labute approximate surface area is 121 Å². The quantitative estimate of drug-likeness (QED) is 0.849. The Hall–Kier alpha value is -2.03. The van der Waals surface area contributed by atoms with Gasteiger partial charge in [-0.05, 0) is 31.2 Å². The lowest BCUT2D eigenvalue weighted by molar-refractivity contribution is 0.0952. The zero-order chi connectivity index (χ0) is 14.4. The van der Waals surface area contributed by atoms with E-state index in [9.17, 15) is 4.79 Å². The summed E-state index contributed by atoms with van der Waals surface area (Å²) < 4.78 is 5.38. The van der Waals surface area contributed by atoms with Gasteiger partial charge in [0.05, 0.1) is 22.9 Å². The Morgan fingerprint density at radius 2 is 2.25 bits per heavy atom. The van der Waals surface area contributed by atoms with E-state index in [1.807, 2.05) is 19.1 Å². The number of nitrogens with one attached hydrogen (secondary N) is 1. The molecule has 1 amide bonds. The fourth-order valence-electron chi connectivity index (χ4n) is 1.57. The van der Waals surface area contributed by atoms with Crippen LogP contribution < -0.4 is 5.32 Å². The van der Waals surface area contributed by atoms with Gasteiger partial charge in [-0.2, -0.15) is 0 Å². The summed E-state index contributed by atoms with van der Waals surface area (Å²) in [5.41, 5.74) is 0. The van der Waals surface area contributed by atoms with Gasteiger partial charge in [0.15, 0.2) is 0 Å². The van der Waals surface area contributed by atoms with Crippen molar-refractivity contribution in [3.63, 3.8) is 0 Å². The Balaban J connectivity index is 1.91. The van der Waals surface area contributed by atoms with E-state index in [0.29, 0.717) is 17.8 Å². The van der Waals surface area contributed by atoms with Gasteiger partial charge in [-0.3, -0.25) is 4.79 Å². The highest BCUT2D eigenvalue weighted by atomic mass is 32.1. The molecule has 0 saturated carbocycles. The molecule has 4 nitrogen and oxygen atoms in total. The van der Waals surface area contributed by atoms with Crippen LogP contribution in [0, 0.1) is 18.8 Å². The van der Waals surface area contributed by atoms with Crippen LogP contribution in [0.4, 0.5) is 0 Å². The molecule has 0 aromatic carbocycles. The first kappa shape index (κ1) is 14.4. The van der Waals surface area contributed by atoms with Crippen LogP contribution in [-0.4, -0.2) is 17.6 Å². The first-order chi connectivity index (χ1) is 9.69. The predicted octanol–water partition coefficient (Wildman–Crippen LogP) is 2.31. The number of thiophene rings is 1. The highest BCUT2D eigenvalue weighted by Gasteiger charge is 2.09. The van der Waals surface area contributed by atoms with E-state index in [1.165, 1.54) is 11.3 Å². The maximum atomic E-state index is 11.9. The molecule has 2 heterocycles. The molecule has 0 aliphatic rings. The number of rotatable bonds is 4. The first-order valence-corrected chi connectivity index (χ1v) is 7.04. The second kappa shape index (κ2) is 6.94. The number of amides is 1. The molecule has 0 atom stereocenters. The summed E-state index contributed by atoms with van der Waals surface area (Å²) in [7, 11) is 0. The molecule has 5 heteroatoms. The molecule has 0 spiro atoms. The van der Waals surface area contributed by atoms with Gasteiger partial charge >= 0.3 is 0 Å². The van der Waals surface area contributed by atoms with Crippen LogP contribution in [0.2, 0.25) is 0 Å². The summed E-state index contributed by atoms with van der Waals surface area (Å²) in [6.07, 6.45) is 0.442. The molecular weight excluding hydrogens is 274 g/mol. The molecular formula is C15H15NO3S. The smallest absolute Gasteiger partial charge is 0.261 e. The average molecular weight is 289 g/mol. The lowest BCUT2D eigenvalue weighted by Gasteiger charge is -2.00. The minimum Gasteiger partial charge on any atom is -0.465 e. The first-order valence-electron chi connectivity index (χ1n) is 6.22. The molecule has 0 unspecified atom stereocenters. The summed E-state index contributed by atoms with van der Waals surface area (Å²) in [6.45, 7) is 2.28. The SMILES string of the molecule is Cc1ccc(CNC(=O)c2ccc(C#CCCO)s2)o1. The largest absolute Gasteiger partial charge is 0.465 e. The van der Waals surface area contributed by atoms with Gasteiger partial charge in [0.25, 0.3) is 5.91 Å². The van der Waals surface area contributed by atoms with Crippen molar-refractivity contribution in [1.82, 2.24) is 5.32 Å². The van der Waals surface area contributed by atoms with E-state index in [-0.39, 0.29) is 12.5 Å². The molecule has 0 saturated heterocycles. The minimum absolute atomic E-state index is 0.0499. The molecule has 0 fully saturated rings. The fourth-order valence-corrected chi connectivity index (χ4v) is 2.36. The minimum atomic E-state index is -0.140. The third-order valence-electron chi connectivity index (χ3n) is 2.50. The van der Waals surface area contributed by atoms with Gasteiger partial charge in [-0.1, -0.05) is 11.8 Å². The number of furan rings is 1. The van der Waals surface area contributed by atoms with Crippen LogP contribution >= 0.6 is 11.3 Å². The van der Waals surface area contributed by atoms with E-state index in [4.69, 9.17) is 9.52 Å². The summed E-state index contributed by atoms with van der Waals surface area (Å²) in [5.74, 6) is 7.15. The normalized spacial score (nSPS) is 9.90. The molecule has 2 aromatic rings. The maximum Gasteiger partial charge on any atom is 0.261 e. The van der Waals surface area contributed by atoms with Crippen LogP contribution in [0.15, 0.2) is 28.7 Å². The number of aryl methyl sites for hydroxylation is 1. The van der Waals surface area contributed by atoms with E-state index >= 15 is 0 Å². The van der Waals surface area contributed by atoms with Gasteiger partial charge in [0.1, 0.15) is 11.5 Å².